The van der Waals surface area contributed by atoms with Gasteiger partial charge in [-0.2, -0.15) is 5.10 Å². The van der Waals surface area contributed by atoms with Crippen LogP contribution in [-0.4, -0.2) is 27.2 Å². The Bertz CT molecular complexity index is 579. The fourth-order valence-corrected chi connectivity index (χ4v) is 1.93. The van der Waals surface area contributed by atoms with Gasteiger partial charge >= 0.3 is 0 Å². The Hall–Kier alpha value is -2.21. The van der Waals surface area contributed by atoms with Crippen molar-refractivity contribution in [1.82, 2.24) is 20.1 Å². The topological polar surface area (TPSA) is 71.8 Å². The number of amides is 1. The van der Waals surface area contributed by atoms with Crippen LogP contribution in [0.15, 0.2) is 30.6 Å². The molecule has 0 bridgehead atoms. The van der Waals surface area contributed by atoms with Gasteiger partial charge in [0.05, 0.1) is 12.2 Å². The minimum absolute atomic E-state index is 0.0890. The van der Waals surface area contributed by atoms with Gasteiger partial charge in [0.2, 0.25) is 5.91 Å². The number of nitrogens with one attached hydrogen (secondary N) is 2. The fourth-order valence-electron chi connectivity index (χ4n) is 1.93. The molecule has 6 heteroatoms. The van der Waals surface area contributed by atoms with Gasteiger partial charge in [0, 0.05) is 31.5 Å². The van der Waals surface area contributed by atoms with Crippen LogP contribution in [0.1, 0.15) is 24.2 Å². The van der Waals surface area contributed by atoms with E-state index in [9.17, 15) is 4.79 Å². The highest BCUT2D eigenvalue weighted by molar-refractivity contribution is 5.91. The van der Waals surface area contributed by atoms with Crippen LogP contribution in [0.25, 0.3) is 0 Å². The predicted molar refractivity (Wildman–Crippen MR) is 77.2 cm³/mol. The number of nitrogens with zero attached hydrogens (tertiary/aromatic N) is 3. The molecule has 0 unspecified atom stereocenters. The number of hydrogen-bond acceptors (Lipinski definition) is 4. The summed E-state index contributed by atoms with van der Waals surface area (Å²) in [5.41, 5.74) is 1.98. The van der Waals surface area contributed by atoms with Crippen molar-refractivity contribution in [1.29, 1.82) is 0 Å². The van der Waals surface area contributed by atoms with E-state index in [2.05, 4.69) is 20.7 Å². The molecule has 0 spiro atoms. The van der Waals surface area contributed by atoms with Crippen molar-refractivity contribution in [2.24, 2.45) is 7.05 Å². The van der Waals surface area contributed by atoms with Crippen LogP contribution in [0, 0.1) is 6.92 Å². The highest BCUT2D eigenvalue weighted by Gasteiger charge is 2.09. The minimum Gasteiger partial charge on any atom is -0.310 e. The maximum Gasteiger partial charge on any atom is 0.239 e. The molecular formula is C14H19N5O. The summed E-state index contributed by atoms with van der Waals surface area (Å²) in [4.78, 5) is 15.9. The average Bonchev–Trinajstić information content (AvgIpc) is 2.75. The van der Waals surface area contributed by atoms with Crippen molar-refractivity contribution < 1.29 is 4.79 Å². The van der Waals surface area contributed by atoms with Crippen molar-refractivity contribution in [3.63, 3.8) is 0 Å². The molecule has 0 aliphatic heterocycles. The van der Waals surface area contributed by atoms with Crippen LogP contribution < -0.4 is 10.6 Å². The van der Waals surface area contributed by atoms with E-state index in [1.165, 1.54) is 0 Å². The van der Waals surface area contributed by atoms with Crippen molar-refractivity contribution in [3.8, 4) is 0 Å². The largest absolute Gasteiger partial charge is 0.310 e. The second kappa shape index (κ2) is 6.29. The number of rotatable bonds is 5. The molecule has 106 valence electrons. The van der Waals surface area contributed by atoms with E-state index in [4.69, 9.17) is 0 Å². The van der Waals surface area contributed by atoms with E-state index in [-0.39, 0.29) is 18.5 Å². The molecule has 20 heavy (non-hydrogen) atoms. The Morgan fingerprint density at radius 2 is 2.10 bits per heavy atom. The van der Waals surface area contributed by atoms with Crippen LogP contribution >= 0.6 is 0 Å². The lowest BCUT2D eigenvalue weighted by Gasteiger charge is -2.13. The summed E-state index contributed by atoms with van der Waals surface area (Å²) >= 11 is 0. The summed E-state index contributed by atoms with van der Waals surface area (Å²) < 4.78 is 1.65. The molecule has 2 aromatic heterocycles. The Kier molecular flexibility index (Phi) is 4.47. The number of carbonyl (C=O) groups is 1. The first kappa shape index (κ1) is 14.2. The van der Waals surface area contributed by atoms with Crippen molar-refractivity contribution in [2.75, 3.05) is 11.9 Å². The number of pyridine rings is 1. The standard InChI is InChI=1S/C14H19N5O/c1-10-8-13(19(3)18-10)17-14(20)9-16-11(2)12-4-6-15-7-5-12/h4-8,11,16H,9H2,1-3H3,(H,17,20)/t11-/m1/s1. The van der Waals surface area contributed by atoms with E-state index < -0.39 is 0 Å². The van der Waals surface area contributed by atoms with Crippen LogP contribution in [0.5, 0.6) is 0 Å². The molecule has 2 aromatic rings. The van der Waals surface area contributed by atoms with E-state index in [0.29, 0.717) is 5.82 Å². The molecule has 0 aromatic carbocycles. The van der Waals surface area contributed by atoms with Gasteiger partial charge < -0.3 is 10.6 Å². The summed E-state index contributed by atoms with van der Waals surface area (Å²) in [5.74, 6) is 0.611. The summed E-state index contributed by atoms with van der Waals surface area (Å²) in [6.07, 6.45) is 3.48. The van der Waals surface area contributed by atoms with Gasteiger partial charge in [0.25, 0.3) is 0 Å². The number of aromatic nitrogens is 3. The van der Waals surface area contributed by atoms with E-state index in [1.807, 2.05) is 32.0 Å². The monoisotopic (exact) mass is 273 g/mol. The maximum absolute atomic E-state index is 11.9. The highest BCUT2D eigenvalue weighted by atomic mass is 16.2. The van der Waals surface area contributed by atoms with E-state index in [0.717, 1.165) is 11.3 Å². The van der Waals surface area contributed by atoms with Crippen LogP contribution in [0.4, 0.5) is 5.82 Å². The lowest BCUT2D eigenvalue weighted by atomic mass is 10.1. The van der Waals surface area contributed by atoms with Gasteiger partial charge in [0.15, 0.2) is 0 Å². The van der Waals surface area contributed by atoms with E-state index >= 15 is 0 Å². The molecule has 0 aliphatic carbocycles. The first-order valence-electron chi connectivity index (χ1n) is 6.50. The van der Waals surface area contributed by atoms with Gasteiger partial charge in [-0.15, -0.1) is 0 Å². The summed E-state index contributed by atoms with van der Waals surface area (Å²) in [6, 6.07) is 5.79. The predicted octanol–water partition coefficient (Wildman–Crippen LogP) is 1.41. The van der Waals surface area contributed by atoms with Gasteiger partial charge in [0.1, 0.15) is 5.82 Å². The van der Waals surface area contributed by atoms with Crippen LogP contribution in [-0.2, 0) is 11.8 Å². The van der Waals surface area contributed by atoms with Gasteiger partial charge in [-0.3, -0.25) is 14.5 Å². The number of aryl methyl sites for hydroxylation is 2. The van der Waals surface area contributed by atoms with E-state index in [1.54, 1.807) is 24.1 Å². The molecule has 1 amide bonds. The molecule has 0 aliphatic rings. The number of hydrogen-bond donors (Lipinski definition) is 2. The summed E-state index contributed by atoms with van der Waals surface area (Å²) in [7, 11) is 1.80. The Morgan fingerprint density at radius 3 is 2.70 bits per heavy atom. The summed E-state index contributed by atoms with van der Waals surface area (Å²) in [5, 5.41) is 10.2. The Balaban J connectivity index is 1.85. The van der Waals surface area contributed by atoms with Crippen LogP contribution in [0.2, 0.25) is 0 Å². The zero-order chi connectivity index (χ0) is 14.5. The molecule has 0 saturated carbocycles. The highest BCUT2D eigenvalue weighted by Crippen LogP contribution is 2.10. The normalized spacial score (nSPS) is 12.2. The fraction of sp³-hybridized carbons (Fsp3) is 0.357. The molecule has 2 heterocycles. The third kappa shape index (κ3) is 3.64. The summed E-state index contributed by atoms with van der Waals surface area (Å²) in [6.45, 7) is 4.14. The van der Waals surface area contributed by atoms with Gasteiger partial charge in [-0.1, -0.05) is 0 Å². The molecule has 1 atom stereocenters. The zero-order valence-electron chi connectivity index (χ0n) is 11.9. The molecule has 0 radical (unpaired) electrons. The first-order valence-corrected chi connectivity index (χ1v) is 6.50. The Morgan fingerprint density at radius 1 is 1.40 bits per heavy atom. The lowest BCUT2D eigenvalue weighted by molar-refractivity contribution is -0.115. The third-order valence-corrected chi connectivity index (χ3v) is 3.04. The first-order chi connectivity index (χ1) is 9.56. The van der Waals surface area contributed by atoms with Crippen molar-refractivity contribution in [2.45, 2.75) is 19.9 Å². The minimum atomic E-state index is -0.0890. The van der Waals surface area contributed by atoms with Gasteiger partial charge in [-0.05, 0) is 31.5 Å². The molecule has 2 N–H and O–H groups in total. The molecule has 6 nitrogen and oxygen atoms in total. The van der Waals surface area contributed by atoms with Crippen LogP contribution in [0.3, 0.4) is 0 Å². The SMILES string of the molecule is Cc1cc(NC(=O)CN[C@H](C)c2ccncc2)n(C)n1. The second-order valence-electron chi connectivity index (χ2n) is 4.73. The molecule has 2 rings (SSSR count). The second-order valence-corrected chi connectivity index (χ2v) is 4.73. The molecule has 0 saturated heterocycles. The number of carbonyl (C=O) groups excluding carboxylic acids is 1. The zero-order valence-corrected chi connectivity index (χ0v) is 11.9. The lowest BCUT2D eigenvalue weighted by Crippen LogP contribution is -2.30. The molecule has 0 fully saturated rings. The van der Waals surface area contributed by atoms with Gasteiger partial charge in [-0.25, -0.2) is 0 Å². The Labute approximate surface area is 118 Å². The smallest absolute Gasteiger partial charge is 0.239 e. The average molecular weight is 273 g/mol. The number of anilines is 1. The van der Waals surface area contributed by atoms with Crippen molar-refractivity contribution in [3.05, 3.63) is 41.9 Å². The third-order valence-electron chi connectivity index (χ3n) is 3.04. The quantitative estimate of drug-likeness (QED) is 0.864. The van der Waals surface area contributed by atoms with Crippen molar-refractivity contribution >= 4 is 11.7 Å². The maximum atomic E-state index is 11.9. The molecular weight excluding hydrogens is 254 g/mol.